The first-order valence-corrected chi connectivity index (χ1v) is 16.7. The maximum atomic E-state index is 5.63. The van der Waals surface area contributed by atoms with E-state index in [1.807, 2.05) is 0 Å². The number of hydrogen-bond donors (Lipinski definition) is 0. The number of likely N-dealkylation sites (tertiary alicyclic amines) is 1. The van der Waals surface area contributed by atoms with Crippen molar-refractivity contribution >= 4 is 0 Å². The smallest absolute Gasteiger partial charge is 0.0707 e. The van der Waals surface area contributed by atoms with Crippen molar-refractivity contribution in [2.45, 2.75) is 82.3 Å². The van der Waals surface area contributed by atoms with E-state index >= 15 is 0 Å². The Kier molecular flexibility index (Phi) is 17.1. The molecule has 0 spiro atoms. The quantitative estimate of drug-likeness (QED) is 0.447. The zero-order valence-corrected chi connectivity index (χ0v) is 28.2. The molecule has 6 unspecified atom stereocenters. The summed E-state index contributed by atoms with van der Waals surface area (Å²) in [4.78, 5) is 11.8. The van der Waals surface area contributed by atoms with Gasteiger partial charge < -0.3 is 33.5 Å². The molecule has 0 aromatic rings. The summed E-state index contributed by atoms with van der Waals surface area (Å²) in [5.41, 5.74) is 0. The third-order valence-corrected chi connectivity index (χ3v) is 9.76. The second-order valence-corrected chi connectivity index (χ2v) is 13.2. The first-order valence-electron chi connectivity index (χ1n) is 16.7. The molecule has 7 rings (SSSR count). The van der Waals surface area contributed by atoms with Gasteiger partial charge in [0.15, 0.2) is 0 Å². The molecule has 7 aliphatic rings. The zero-order valence-electron chi connectivity index (χ0n) is 28.2. The van der Waals surface area contributed by atoms with Crippen molar-refractivity contribution in [2.75, 3.05) is 127 Å². The summed E-state index contributed by atoms with van der Waals surface area (Å²) in [6.07, 6.45) is 7.60. The normalized spacial score (nSPS) is 35.8. The molecule has 7 heterocycles. The summed E-state index contributed by atoms with van der Waals surface area (Å²) in [5, 5.41) is 0. The van der Waals surface area contributed by atoms with Crippen molar-refractivity contribution in [2.24, 2.45) is 0 Å². The van der Waals surface area contributed by atoms with Gasteiger partial charge in [0.25, 0.3) is 0 Å². The molecule has 0 aromatic heterocycles. The Morgan fingerprint density at radius 3 is 1.52 bits per heavy atom. The van der Waals surface area contributed by atoms with Crippen LogP contribution in [0.1, 0.15) is 46.0 Å². The highest BCUT2D eigenvalue weighted by Gasteiger charge is 2.34. The standard InChI is InChI=1S/2C7H13NO.C7H15NO.C6H13NO.C5H11NO/c1-8-6-2-3-7(8)5-9-4-6;1-8-4-6-2-3-7(5-8)9-6;1-3-7-6-9-5-4-8(7)2;1-6-5-8-4-3-7(6)2;1-6-2-4-7-5-3-6/h2*6-7H,2-5H2,1H3;7H,3-6H2,1-2H3;6H,3-5H2,1-2H3;2-5H2,1H3. The molecule has 0 aromatic carbocycles. The van der Waals surface area contributed by atoms with Crippen molar-refractivity contribution in [1.82, 2.24) is 24.5 Å². The lowest BCUT2D eigenvalue weighted by Crippen LogP contribution is -2.42. The Morgan fingerprint density at radius 2 is 1.12 bits per heavy atom. The monoisotopic (exact) mass is 599 g/mol. The molecule has 248 valence electrons. The van der Waals surface area contributed by atoms with Gasteiger partial charge >= 0.3 is 0 Å². The predicted molar refractivity (Wildman–Crippen MR) is 170 cm³/mol. The molecular formula is C32H65N5O5. The topological polar surface area (TPSA) is 62.4 Å². The minimum atomic E-state index is 0.564. The molecule has 42 heavy (non-hydrogen) atoms. The van der Waals surface area contributed by atoms with Crippen LogP contribution in [0.3, 0.4) is 0 Å². The Morgan fingerprint density at radius 1 is 0.571 bits per heavy atom. The predicted octanol–water partition coefficient (Wildman–Crippen LogP) is 1.97. The summed E-state index contributed by atoms with van der Waals surface area (Å²) in [7, 11) is 10.8. The fourth-order valence-corrected chi connectivity index (χ4v) is 6.28. The summed E-state index contributed by atoms with van der Waals surface area (Å²) >= 11 is 0. The van der Waals surface area contributed by atoms with Crippen molar-refractivity contribution in [3.63, 3.8) is 0 Å². The van der Waals surface area contributed by atoms with E-state index in [1.165, 1.54) is 32.1 Å². The number of fused-ring (bicyclic) bond motifs is 4. The Balaban J connectivity index is 0.000000145. The minimum absolute atomic E-state index is 0.564. The number of hydrogen-bond acceptors (Lipinski definition) is 10. The lowest BCUT2D eigenvalue weighted by atomic mass is 10.2. The van der Waals surface area contributed by atoms with Crippen LogP contribution in [-0.2, 0) is 23.7 Å². The number of likely N-dealkylation sites (N-methyl/N-ethyl adjacent to an activating group) is 5. The Labute approximate surface area is 257 Å². The van der Waals surface area contributed by atoms with Gasteiger partial charge in [-0.05, 0) is 74.3 Å². The number of rotatable bonds is 1. The molecule has 6 atom stereocenters. The fourth-order valence-electron chi connectivity index (χ4n) is 6.28. The maximum Gasteiger partial charge on any atom is 0.0707 e. The van der Waals surface area contributed by atoms with Gasteiger partial charge in [-0.3, -0.25) is 14.7 Å². The lowest BCUT2D eigenvalue weighted by molar-refractivity contribution is -0.0293. The van der Waals surface area contributed by atoms with Crippen LogP contribution in [0.5, 0.6) is 0 Å². The molecule has 0 radical (unpaired) electrons. The molecule has 0 N–H and O–H groups in total. The summed E-state index contributed by atoms with van der Waals surface area (Å²) in [6, 6.07) is 2.76. The molecule has 7 fully saturated rings. The van der Waals surface area contributed by atoms with Crippen LogP contribution in [0.15, 0.2) is 0 Å². The van der Waals surface area contributed by atoms with Gasteiger partial charge in [0.2, 0.25) is 0 Å². The summed E-state index contributed by atoms with van der Waals surface area (Å²) in [5.74, 6) is 0. The van der Waals surface area contributed by atoms with Crippen LogP contribution >= 0.6 is 0 Å². The van der Waals surface area contributed by atoms with E-state index in [0.717, 1.165) is 104 Å². The summed E-state index contributed by atoms with van der Waals surface area (Å²) < 4.78 is 26.6. The number of morpholine rings is 5. The van der Waals surface area contributed by atoms with Gasteiger partial charge in [0.05, 0.1) is 65.1 Å². The molecule has 10 heteroatoms. The van der Waals surface area contributed by atoms with Gasteiger partial charge in [-0.15, -0.1) is 0 Å². The van der Waals surface area contributed by atoms with Gasteiger partial charge in [-0.2, -0.15) is 0 Å². The highest BCUT2D eigenvalue weighted by atomic mass is 16.5. The maximum absolute atomic E-state index is 5.63. The van der Waals surface area contributed by atoms with E-state index in [-0.39, 0.29) is 0 Å². The van der Waals surface area contributed by atoms with Gasteiger partial charge in [0, 0.05) is 63.4 Å². The van der Waals surface area contributed by atoms with Crippen molar-refractivity contribution in [3.05, 3.63) is 0 Å². The number of ether oxygens (including phenoxy) is 5. The highest BCUT2D eigenvalue weighted by Crippen LogP contribution is 2.26. The zero-order chi connectivity index (χ0) is 30.3. The molecular weight excluding hydrogens is 534 g/mol. The van der Waals surface area contributed by atoms with Gasteiger partial charge in [-0.25, -0.2) is 0 Å². The van der Waals surface area contributed by atoms with Gasteiger partial charge in [0.1, 0.15) is 0 Å². The Hall–Kier alpha value is -0.400. The first kappa shape index (κ1) is 36.1. The van der Waals surface area contributed by atoms with E-state index in [4.69, 9.17) is 23.7 Å². The van der Waals surface area contributed by atoms with E-state index in [9.17, 15) is 0 Å². The summed E-state index contributed by atoms with van der Waals surface area (Å²) in [6.45, 7) is 18.5. The SMILES string of the molecule is CC1COCCN1C.CCC1COCCN1C.CN1C2CCC1COC2.CN1CC2CCC(C1)O2.CN1CCOCC1. The molecule has 0 amide bonds. The van der Waals surface area contributed by atoms with Crippen LogP contribution in [0.2, 0.25) is 0 Å². The average Bonchev–Trinajstić information content (AvgIpc) is 3.40. The molecule has 4 bridgehead atoms. The van der Waals surface area contributed by atoms with Crippen LogP contribution in [-0.4, -0.2) is 188 Å². The van der Waals surface area contributed by atoms with Crippen molar-refractivity contribution < 1.29 is 23.7 Å². The minimum Gasteiger partial charge on any atom is -0.379 e. The molecule has 0 saturated carbocycles. The fraction of sp³-hybridized carbons (Fsp3) is 1.00. The molecule has 10 nitrogen and oxygen atoms in total. The van der Waals surface area contributed by atoms with E-state index in [1.54, 1.807) is 0 Å². The Bertz CT molecular complexity index is 664. The lowest BCUT2D eigenvalue weighted by Gasteiger charge is -2.31. The average molecular weight is 600 g/mol. The molecule has 7 aliphatic heterocycles. The van der Waals surface area contributed by atoms with Crippen LogP contribution < -0.4 is 0 Å². The third-order valence-electron chi connectivity index (χ3n) is 9.76. The van der Waals surface area contributed by atoms with E-state index in [0.29, 0.717) is 24.3 Å². The van der Waals surface area contributed by atoms with E-state index in [2.05, 4.69) is 73.6 Å². The van der Waals surface area contributed by atoms with Crippen LogP contribution in [0.4, 0.5) is 0 Å². The number of nitrogens with zero attached hydrogens (tertiary/aromatic N) is 5. The first-order chi connectivity index (χ1) is 20.3. The van der Waals surface area contributed by atoms with Gasteiger partial charge in [-0.1, -0.05) is 6.92 Å². The largest absolute Gasteiger partial charge is 0.379 e. The van der Waals surface area contributed by atoms with Crippen molar-refractivity contribution in [3.8, 4) is 0 Å². The molecule has 0 aliphatic carbocycles. The van der Waals surface area contributed by atoms with Crippen molar-refractivity contribution in [1.29, 1.82) is 0 Å². The van der Waals surface area contributed by atoms with E-state index < -0.39 is 0 Å². The second-order valence-electron chi connectivity index (χ2n) is 13.2. The molecule has 7 saturated heterocycles. The highest BCUT2D eigenvalue weighted by molar-refractivity contribution is 4.88. The van der Waals surface area contributed by atoms with Crippen LogP contribution in [0.25, 0.3) is 0 Å². The third kappa shape index (κ3) is 12.9. The second kappa shape index (κ2) is 19.9. The van der Waals surface area contributed by atoms with Crippen LogP contribution in [0, 0.1) is 0 Å².